The van der Waals surface area contributed by atoms with Crippen LogP contribution in [-0.4, -0.2) is 42.1 Å². The molecule has 1 saturated carbocycles. The number of hydrogen-bond acceptors (Lipinski definition) is 3. The second-order valence-corrected chi connectivity index (χ2v) is 8.84. The molecule has 1 unspecified atom stereocenters. The largest absolute Gasteiger partial charge is 0.444 e. The summed E-state index contributed by atoms with van der Waals surface area (Å²) in [6.45, 7) is 5.97. The number of halogens is 2. The third kappa shape index (κ3) is 4.05. The Bertz CT molecular complexity index is 749. The highest BCUT2D eigenvalue weighted by atomic mass is 35.5. The van der Waals surface area contributed by atoms with Crippen molar-refractivity contribution in [3.63, 3.8) is 0 Å². The van der Waals surface area contributed by atoms with E-state index < -0.39 is 23.6 Å². The van der Waals surface area contributed by atoms with Crippen LogP contribution in [0.25, 0.3) is 0 Å². The van der Waals surface area contributed by atoms with Gasteiger partial charge in [0.1, 0.15) is 17.5 Å². The van der Waals surface area contributed by atoms with Crippen LogP contribution in [0.4, 0.5) is 14.9 Å². The monoisotopic (exact) mass is 396 g/mol. The van der Waals surface area contributed by atoms with E-state index in [2.05, 4.69) is 0 Å². The van der Waals surface area contributed by atoms with Gasteiger partial charge in [0, 0.05) is 19.3 Å². The zero-order valence-corrected chi connectivity index (χ0v) is 16.9. The van der Waals surface area contributed by atoms with Crippen molar-refractivity contribution in [2.45, 2.75) is 51.7 Å². The van der Waals surface area contributed by atoms with Gasteiger partial charge in [-0.15, -0.1) is 0 Å². The maximum Gasteiger partial charge on any atom is 0.410 e. The van der Waals surface area contributed by atoms with Gasteiger partial charge < -0.3 is 9.64 Å². The van der Waals surface area contributed by atoms with Crippen molar-refractivity contribution in [3.05, 3.63) is 29.0 Å². The molecular weight excluding hydrogens is 371 g/mol. The average molecular weight is 397 g/mol. The zero-order chi connectivity index (χ0) is 19.9. The van der Waals surface area contributed by atoms with Gasteiger partial charge in [-0.2, -0.15) is 0 Å². The molecule has 3 atom stereocenters. The third-order valence-corrected chi connectivity index (χ3v) is 5.68. The summed E-state index contributed by atoms with van der Waals surface area (Å²) in [4.78, 5) is 29.1. The summed E-state index contributed by atoms with van der Waals surface area (Å²) in [7, 11) is 1.63. The van der Waals surface area contributed by atoms with Crippen LogP contribution >= 0.6 is 11.6 Å². The molecule has 5 nitrogen and oxygen atoms in total. The lowest BCUT2D eigenvalue weighted by molar-refractivity contribution is -0.123. The second-order valence-electron chi connectivity index (χ2n) is 8.43. The molecule has 0 radical (unpaired) electrons. The van der Waals surface area contributed by atoms with Crippen molar-refractivity contribution in [3.8, 4) is 0 Å². The number of likely N-dealkylation sites (N-methyl/N-ethyl adjacent to an activating group) is 1. The van der Waals surface area contributed by atoms with E-state index >= 15 is 0 Å². The number of likely N-dealkylation sites (tertiary alicyclic amines) is 1. The van der Waals surface area contributed by atoms with Gasteiger partial charge in [-0.3, -0.25) is 9.69 Å². The maximum absolute atomic E-state index is 13.5. The number of benzene rings is 1. The molecule has 0 spiro atoms. The van der Waals surface area contributed by atoms with Crippen LogP contribution in [0, 0.1) is 17.7 Å². The van der Waals surface area contributed by atoms with Gasteiger partial charge in [-0.25, -0.2) is 9.18 Å². The van der Waals surface area contributed by atoms with Gasteiger partial charge in [-0.05, 0) is 63.6 Å². The predicted octanol–water partition coefficient (Wildman–Crippen LogP) is 4.48. The molecule has 2 aliphatic rings. The molecule has 1 aliphatic heterocycles. The van der Waals surface area contributed by atoms with Crippen molar-refractivity contribution in [2.75, 3.05) is 18.5 Å². The van der Waals surface area contributed by atoms with Crippen molar-refractivity contribution in [2.24, 2.45) is 11.8 Å². The average Bonchev–Trinajstić information content (AvgIpc) is 3.15. The van der Waals surface area contributed by atoms with E-state index in [4.69, 9.17) is 16.3 Å². The van der Waals surface area contributed by atoms with E-state index in [1.807, 2.05) is 20.8 Å². The van der Waals surface area contributed by atoms with Crippen LogP contribution in [0.3, 0.4) is 0 Å². The Hall–Kier alpha value is -1.82. The first kappa shape index (κ1) is 19.9. The van der Waals surface area contributed by atoms with Crippen LogP contribution in [0.2, 0.25) is 5.02 Å². The van der Waals surface area contributed by atoms with E-state index in [1.54, 1.807) is 11.9 Å². The smallest absolute Gasteiger partial charge is 0.410 e. The summed E-state index contributed by atoms with van der Waals surface area (Å²) in [5.74, 6) is -0.286. The standard InChI is InChI=1S/C20H26ClFN2O3/c1-20(2,3)27-19(26)24-11-12-6-5-7-14(12)17(24)18(25)23(4)13-8-9-16(22)15(21)10-13/h8-10,12,14,17H,5-7,11H2,1-4H3/t12?,14-,17-/m0/s1. The van der Waals surface area contributed by atoms with Gasteiger partial charge >= 0.3 is 6.09 Å². The van der Waals surface area contributed by atoms with Gasteiger partial charge in [-0.1, -0.05) is 18.0 Å². The molecule has 0 N–H and O–H groups in total. The van der Waals surface area contributed by atoms with Crippen LogP contribution < -0.4 is 4.90 Å². The molecule has 1 aromatic carbocycles. The number of carbonyl (C=O) groups is 2. The molecule has 7 heteroatoms. The predicted molar refractivity (Wildman–Crippen MR) is 102 cm³/mol. The second kappa shape index (κ2) is 7.30. The maximum atomic E-state index is 13.5. The molecule has 3 rings (SSSR count). The number of nitrogens with zero attached hydrogens (tertiary/aromatic N) is 2. The number of fused-ring (bicyclic) bond motifs is 1. The summed E-state index contributed by atoms with van der Waals surface area (Å²) in [6.07, 6.45) is 2.53. The molecule has 1 aromatic rings. The molecule has 1 aliphatic carbocycles. The minimum atomic E-state index is -0.626. The summed E-state index contributed by atoms with van der Waals surface area (Å²) in [6, 6.07) is 3.60. The number of amides is 2. The number of anilines is 1. The summed E-state index contributed by atoms with van der Waals surface area (Å²) < 4.78 is 19.0. The number of ether oxygens (including phenoxy) is 1. The fourth-order valence-electron chi connectivity index (χ4n) is 4.15. The Morgan fingerprint density at radius 3 is 2.63 bits per heavy atom. The first-order chi connectivity index (χ1) is 12.6. The van der Waals surface area contributed by atoms with Gasteiger partial charge in [0.15, 0.2) is 0 Å². The van der Waals surface area contributed by atoms with E-state index in [9.17, 15) is 14.0 Å². The minimum Gasteiger partial charge on any atom is -0.444 e. The van der Waals surface area contributed by atoms with Gasteiger partial charge in [0.25, 0.3) is 0 Å². The van der Waals surface area contributed by atoms with Crippen molar-refractivity contribution in [1.29, 1.82) is 0 Å². The van der Waals surface area contributed by atoms with Gasteiger partial charge in [0.2, 0.25) is 5.91 Å². The Morgan fingerprint density at radius 2 is 2.00 bits per heavy atom. The van der Waals surface area contributed by atoms with Crippen molar-refractivity contribution >= 4 is 29.3 Å². The lowest BCUT2D eigenvalue weighted by Crippen LogP contribution is -2.50. The molecule has 0 bridgehead atoms. The number of hydrogen-bond donors (Lipinski definition) is 0. The zero-order valence-electron chi connectivity index (χ0n) is 16.2. The molecule has 1 heterocycles. The van der Waals surface area contributed by atoms with Crippen LogP contribution in [0.5, 0.6) is 0 Å². The molecule has 0 aromatic heterocycles. The highest BCUT2D eigenvalue weighted by Crippen LogP contribution is 2.43. The highest BCUT2D eigenvalue weighted by molar-refractivity contribution is 6.31. The molecular formula is C20H26ClFN2O3. The Morgan fingerprint density at radius 1 is 1.30 bits per heavy atom. The molecule has 2 amide bonds. The summed E-state index contributed by atoms with van der Waals surface area (Å²) >= 11 is 5.87. The fourth-order valence-corrected chi connectivity index (χ4v) is 4.32. The normalized spacial score (nSPS) is 24.7. The number of carbonyl (C=O) groups excluding carboxylic acids is 2. The van der Waals surface area contributed by atoms with Crippen molar-refractivity contribution < 1.29 is 18.7 Å². The van der Waals surface area contributed by atoms with E-state index in [1.165, 1.54) is 23.1 Å². The first-order valence-corrected chi connectivity index (χ1v) is 9.68. The molecule has 148 valence electrons. The Balaban J connectivity index is 1.86. The highest BCUT2D eigenvalue weighted by Gasteiger charge is 2.51. The van der Waals surface area contributed by atoms with E-state index in [-0.39, 0.29) is 16.8 Å². The SMILES string of the molecule is CN(C(=O)[C@@H]1[C@H]2CCCC2CN1C(=O)OC(C)(C)C)c1ccc(F)c(Cl)c1. The van der Waals surface area contributed by atoms with Crippen molar-refractivity contribution in [1.82, 2.24) is 4.90 Å². The Kier molecular flexibility index (Phi) is 5.39. The van der Waals surface area contributed by atoms with Crippen LogP contribution in [-0.2, 0) is 9.53 Å². The quantitative estimate of drug-likeness (QED) is 0.740. The topological polar surface area (TPSA) is 49.9 Å². The van der Waals surface area contributed by atoms with Crippen LogP contribution in [0.1, 0.15) is 40.0 Å². The van der Waals surface area contributed by atoms with Crippen LogP contribution in [0.15, 0.2) is 18.2 Å². The fraction of sp³-hybridized carbons (Fsp3) is 0.600. The number of rotatable bonds is 2. The van der Waals surface area contributed by atoms with E-state index in [0.717, 1.165) is 19.3 Å². The lowest BCUT2D eigenvalue weighted by atomic mass is 9.93. The minimum absolute atomic E-state index is 0.0405. The van der Waals surface area contributed by atoms with E-state index in [0.29, 0.717) is 18.2 Å². The third-order valence-electron chi connectivity index (χ3n) is 5.39. The molecule has 27 heavy (non-hydrogen) atoms. The first-order valence-electron chi connectivity index (χ1n) is 9.31. The van der Waals surface area contributed by atoms with Gasteiger partial charge in [0.05, 0.1) is 5.02 Å². The molecule has 1 saturated heterocycles. The lowest BCUT2D eigenvalue weighted by Gasteiger charge is -2.32. The summed E-state index contributed by atoms with van der Waals surface area (Å²) in [5.41, 5.74) is -0.129. The summed E-state index contributed by atoms with van der Waals surface area (Å²) in [5, 5.41) is -0.0405. The Labute approximate surface area is 164 Å². The molecule has 2 fully saturated rings.